The van der Waals surface area contributed by atoms with E-state index in [4.69, 9.17) is 4.74 Å². The number of aromatic nitrogens is 2. The summed E-state index contributed by atoms with van der Waals surface area (Å²) in [6.07, 6.45) is 1.28. The van der Waals surface area contributed by atoms with Crippen LogP contribution < -0.4 is 4.31 Å². The molecule has 7 heteroatoms. The molecule has 0 radical (unpaired) electrons. The van der Waals surface area contributed by atoms with Gasteiger partial charge in [0.25, 0.3) is 10.0 Å². The molecule has 2 aromatic carbocycles. The van der Waals surface area contributed by atoms with Crippen LogP contribution in [0.15, 0.2) is 59.5 Å². The number of aromatic amines is 1. The molecule has 25 heavy (non-hydrogen) atoms. The fourth-order valence-electron chi connectivity index (χ4n) is 3.15. The van der Waals surface area contributed by atoms with E-state index in [1.807, 2.05) is 24.3 Å². The molecule has 1 aliphatic heterocycles. The largest absolute Gasteiger partial charge is 0.381 e. The average molecular weight is 357 g/mol. The summed E-state index contributed by atoms with van der Waals surface area (Å²) in [4.78, 5) is 7.96. The fraction of sp³-hybridized carbons (Fsp3) is 0.278. The normalized spacial score (nSPS) is 16.2. The highest BCUT2D eigenvalue weighted by atomic mass is 32.2. The van der Waals surface area contributed by atoms with Crippen molar-refractivity contribution in [3.63, 3.8) is 0 Å². The van der Waals surface area contributed by atoms with Gasteiger partial charge in [-0.2, -0.15) is 0 Å². The summed E-state index contributed by atoms with van der Waals surface area (Å²) >= 11 is 0. The average Bonchev–Trinajstić information content (AvgIpc) is 3.06. The lowest BCUT2D eigenvalue weighted by atomic mass is 10.1. The van der Waals surface area contributed by atoms with Gasteiger partial charge >= 0.3 is 0 Å². The number of para-hydroxylation sites is 2. The van der Waals surface area contributed by atoms with Gasteiger partial charge in [0, 0.05) is 13.2 Å². The van der Waals surface area contributed by atoms with E-state index in [1.165, 1.54) is 4.31 Å². The van der Waals surface area contributed by atoms with E-state index in [0.717, 1.165) is 11.0 Å². The van der Waals surface area contributed by atoms with Gasteiger partial charge in [0.2, 0.25) is 5.95 Å². The molecule has 0 spiro atoms. The second-order valence-corrected chi connectivity index (χ2v) is 7.85. The summed E-state index contributed by atoms with van der Waals surface area (Å²) in [5, 5.41) is 0. The number of rotatable bonds is 4. The summed E-state index contributed by atoms with van der Waals surface area (Å²) in [5.41, 5.74) is 1.57. The first kappa shape index (κ1) is 16.1. The molecule has 0 saturated carbocycles. The number of anilines is 1. The Kier molecular flexibility index (Phi) is 4.19. The predicted molar refractivity (Wildman–Crippen MR) is 96.0 cm³/mol. The van der Waals surface area contributed by atoms with Crippen LogP contribution in [0.3, 0.4) is 0 Å². The molecule has 1 fully saturated rings. The van der Waals surface area contributed by atoms with Gasteiger partial charge < -0.3 is 9.72 Å². The van der Waals surface area contributed by atoms with E-state index in [0.29, 0.717) is 32.0 Å². The van der Waals surface area contributed by atoms with Crippen molar-refractivity contribution in [3.05, 3.63) is 54.6 Å². The number of ether oxygens (including phenoxy) is 1. The molecule has 0 atom stereocenters. The smallest absolute Gasteiger partial charge is 0.266 e. The number of fused-ring (bicyclic) bond motifs is 1. The first-order valence-electron chi connectivity index (χ1n) is 8.28. The maximum absolute atomic E-state index is 13.3. The minimum atomic E-state index is -3.72. The molecular weight excluding hydrogens is 338 g/mol. The van der Waals surface area contributed by atoms with Crippen LogP contribution in [0.25, 0.3) is 11.0 Å². The van der Waals surface area contributed by atoms with Gasteiger partial charge in [-0.1, -0.05) is 30.3 Å². The van der Waals surface area contributed by atoms with Crippen molar-refractivity contribution in [1.29, 1.82) is 0 Å². The van der Waals surface area contributed by atoms with Gasteiger partial charge in [-0.05, 0) is 37.1 Å². The van der Waals surface area contributed by atoms with E-state index in [-0.39, 0.29) is 10.9 Å². The van der Waals surface area contributed by atoms with Crippen LogP contribution in [-0.2, 0) is 14.8 Å². The van der Waals surface area contributed by atoms with Crippen LogP contribution in [0, 0.1) is 0 Å². The maximum Gasteiger partial charge on any atom is 0.266 e. The first-order chi connectivity index (χ1) is 12.2. The molecule has 0 amide bonds. The lowest BCUT2D eigenvalue weighted by molar-refractivity contribution is 0.0873. The molecule has 2 heterocycles. The summed E-state index contributed by atoms with van der Waals surface area (Å²) < 4.78 is 33.5. The lowest BCUT2D eigenvalue weighted by Gasteiger charge is -2.33. The second kappa shape index (κ2) is 6.50. The Hall–Kier alpha value is -2.38. The first-order valence-corrected chi connectivity index (χ1v) is 9.72. The van der Waals surface area contributed by atoms with Crippen molar-refractivity contribution in [3.8, 4) is 0 Å². The molecular formula is C18H19N3O3S. The molecule has 1 saturated heterocycles. The van der Waals surface area contributed by atoms with E-state index >= 15 is 0 Å². The number of H-pyrrole nitrogens is 1. The second-order valence-electron chi connectivity index (χ2n) is 6.04. The summed E-state index contributed by atoms with van der Waals surface area (Å²) in [6.45, 7) is 1.09. The highest BCUT2D eigenvalue weighted by Crippen LogP contribution is 2.29. The van der Waals surface area contributed by atoms with Crippen LogP contribution in [0.2, 0.25) is 0 Å². The van der Waals surface area contributed by atoms with Crippen LogP contribution >= 0.6 is 0 Å². The topological polar surface area (TPSA) is 75.3 Å². The summed E-state index contributed by atoms with van der Waals surface area (Å²) in [6, 6.07) is 15.9. The zero-order valence-electron chi connectivity index (χ0n) is 13.6. The van der Waals surface area contributed by atoms with Crippen molar-refractivity contribution in [1.82, 2.24) is 9.97 Å². The number of nitrogens with one attached hydrogen (secondary N) is 1. The molecule has 3 aromatic rings. The minimum absolute atomic E-state index is 0.181. The number of sulfonamides is 1. The summed E-state index contributed by atoms with van der Waals surface area (Å²) in [7, 11) is -3.72. The van der Waals surface area contributed by atoms with Crippen molar-refractivity contribution < 1.29 is 13.2 Å². The highest BCUT2D eigenvalue weighted by molar-refractivity contribution is 7.92. The maximum atomic E-state index is 13.3. The molecule has 1 N–H and O–H groups in total. The molecule has 0 aliphatic carbocycles. The van der Waals surface area contributed by atoms with Gasteiger partial charge in [0.1, 0.15) is 0 Å². The molecule has 1 aliphatic rings. The van der Waals surface area contributed by atoms with E-state index < -0.39 is 10.0 Å². The fourth-order valence-corrected chi connectivity index (χ4v) is 4.80. The van der Waals surface area contributed by atoms with Crippen molar-refractivity contribution in [2.24, 2.45) is 0 Å². The van der Waals surface area contributed by atoms with Gasteiger partial charge in [0.15, 0.2) is 0 Å². The van der Waals surface area contributed by atoms with Gasteiger partial charge in [-0.15, -0.1) is 0 Å². The predicted octanol–water partition coefficient (Wildman–Crippen LogP) is 2.94. The number of nitrogens with zero attached hydrogens (tertiary/aromatic N) is 2. The van der Waals surface area contributed by atoms with Gasteiger partial charge in [0.05, 0.1) is 22.0 Å². The minimum Gasteiger partial charge on any atom is -0.381 e. The van der Waals surface area contributed by atoms with Crippen LogP contribution in [-0.4, -0.2) is 37.6 Å². The number of hydrogen-bond donors (Lipinski definition) is 1. The quantitative estimate of drug-likeness (QED) is 0.779. The van der Waals surface area contributed by atoms with E-state index in [9.17, 15) is 8.42 Å². The van der Waals surface area contributed by atoms with Crippen LogP contribution in [0.1, 0.15) is 12.8 Å². The highest BCUT2D eigenvalue weighted by Gasteiger charge is 2.34. The lowest BCUT2D eigenvalue weighted by Crippen LogP contribution is -2.44. The van der Waals surface area contributed by atoms with Crippen LogP contribution in [0.5, 0.6) is 0 Å². The Morgan fingerprint density at radius 1 is 1.00 bits per heavy atom. The van der Waals surface area contributed by atoms with E-state index in [1.54, 1.807) is 30.3 Å². The van der Waals surface area contributed by atoms with Gasteiger partial charge in [-0.3, -0.25) is 0 Å². The molecule has 130 valence electrons. The Labute approximate surface area is 146 Å². The zero-order valence-corrected chi connectivity index (χ0v) is 14.4. The summed E-state index contributed by atoms with van der Waals surface area (Å²) in [5.74, 6) is 0.358. The monoisotopic (exact) mass is 357 g/mol. The third kappa shape index (κ3) is 3.01. The zero-order chi connectivity index (χ0) is 17.3. The number of hydrogen-bond acceptors (Lipinski definition) is 4. The third-order valence-electron chi connectivity index (χ3n) is 4.41. The van der Waals surface area contributed by atoms with E-state index in [2.05, 4.69) is 9.97 Å². The van der Waals surface area contributed by atoms with Crippen molar-refractivity contribution in [2.45, 2.75) is 23.8 Å². The standard InChI is InChI=1S/C18H19N3O3S/c22-25(23,15-6-2-1-3-7-15)21(14-10-12-24-13-11-14)18-19-16-8-4-5-9-17(16)20-18/h1-9,14H,10-13H2,(H,19,20). The van der Waals surface area contributed by atoms with Crippen molar-refractivity contribution in [2.75, 3.05) is 17.5 Å². The molecule has 0 unspecified atom stereocenters. The number of benzene rings is 2. The Morgan fingerprint density at radius 3 is 2.40 bits per heavy atom. The van der Waals surface area contributed by atoms with Crippen LogP contribution in [0.4, 0.5) is 5.95 Å². The molecule has 0 bridgehead atoms. The molecule has 1 aromatic heterocycles. The SMILES string of the molecule is O=S(=O)(c1ccccc1)N(c1nc2ccccc2[nH]1)C1CCOCC1. The molecule has 6 nitrogen and oxygen atoms in total. The third-order valence-corrected chi connectivity index (χ3v) is 6.26. The number of imidazole rings is 1. The van der Waals surface area contributed by atoms with Crippen molar-refractivity contribution >= 4 is 27.0 Å². The Bertz CT molecular complexity index is 930. The Morgan fingerprint density at radius 2 is 1.68 bits per heavy atom. The van der Waals surface area contributed by atoms with Gasteiger partial charge in [-0.25, -0.2) is 17.7 Å². The Balaban J connectivity index is 1.84. The molecule has 4 rings (SSSR count).